The molecule has 5 heteroatoms. The molecule has 0 saturated carbocycles. The summed E-state index contributed by atoms with van der Waals surface area (Å²) in [5.74, 6) is -0.182. The van der Waals surface area contributed by atoms with Gasteiger partial charge in [-0.15, -0.1) is 0 Å². The number of nitrogens with one attached hydrogen (secondary N) is 1. The summed E-state index contributed by atoms with van der Waals surface area (Å²) in [4.78, 5) is 12.4. The van der Waals surface area contributed by atoms with Crippen molar-refractivity contribution in [3.63, 3.8) is 0 Å². The number of benzene rings is 3. The van der Waals surface area contributed by atoms with E-state index in [0.29, 0.717) is 21.3 Å². The van der Waals surface area contributed by atoms with Gasteiger partial charge in [-0.2, -0.15) is 12.6 Å². The summed E-state index contributed by atoms with van der Waals surface area (Å²) in [5.41, 5.74) is 4.26. The molecule has 0 aromatic heterocycles. The van der Waals surface area contributed by atoms with Crippen molar-refractivity contribution < 1.29 is 4.79 Å². The average molecular weight is 402 g/mol. The van der Waals surface area contributed by atoms with Crippen LogP contribution in [0.5, 0.6) is 0 Å². The van der Waals surface area contributed by atoms with E-state index in [1.54, 1.807) is 18.2 Å². The Kier molecular flexibility index (Phi) is 5.92. The highest BCUT2D eigenvalue weighted by Gasteiger charge is 2.12. The maximum atomic E-state index is 12.4. The van der Waals surface area contributed by atoms with E-state index in [2.05, 4.69) is 17.9 Å². The minimum Gasteiger partial charge on any atom is -0.322 e. The van der Waals surface area contributed by atoms with Crippen LogP contribution in [0.25, 0.3) is 0 Å². The maximum absolute atomic E-state index is 12.4. The van der Waals surface area contributed by atoms with Crippen LogP contribution in [0.2, 0.25) is 10.0 Å². The number of aryl methyl sites for hydroxylation is 1. The molecule has 3 aromatic rings. The molecule has 0 aliphatic heterocycles. The molecule has 0 radical (unpaired) electrons. The van der Waals surface area contributed by atoms with Crippen molar-refractivity contribution in [3.8, 4) is 0 Å². The van der Waals surface area contributed by atoms with Gasteiger partial charge in [0.25, 0.3) is 5.91 Å². The zero-order chi connectivity index (χ0) is 18.7. The molecule has 1 N–H and O–H groups in total. The number of rotatable bonds is 4. The van der Waals surface area contributed by atoms with Crippen LogP contribution in [0.4, 0.5) is 5.69 Å². The molecule has 3 rings (SSSR count). The quantitative estimate of drug-likeness (QED) is 0.475. The standard InChI is InChI=1S/C21H17Cl2NOS/c1-13-2-11-18(12-19(13)23)24-21(25)16-5-3-14(4-6-16)20(26)15-7-9-17(22)10-8-15/h2-12,20,26H,1H3,(H,24,25). The van der Waals surface area contributed by atoms with Crippen molar-refractivity contribution >= 4 is 47.4 Å². The molecule has 132 valence electrons. The molecule has 1 atom stereocenters. The lowest BCUT2D eigenvalue weighted by molar-refractivity contribution is 0.102. The lowest BCUT2D eigenvalue weighted by Gasteiger charge is -2.13. The summed E-state index contributed by atoms with van der Waals surface area (Å²) >= 11 is 16.7. The van der Waals surface area contributed by atoms with E-state index in [9.17, 15) is 4.79 Å². The SMILES string of the molecule is Cc1ccc(NC(=O)c2ccc(C(S)c3ccc(Cl)cc3)cc2)cc1Cl. The van der Waals surface area contributed by atoms with E-state index < -0.39 is 0 Å². The van der Waals surface area contributed by atoms with Crippen LogP contribution in [0, 0.1) is 6.92 Å². The largest absolute Gasteiger partial charge is 0.322 e. The van der Waals surface area contributed by atoms with Crippen LogP contribution in [0.3, 0.4) is 0 Å². The minimum atomic E-state index is -0.182. The smallest absolute Gasteiger partial charge is 0.255 e. The van der Waals surface area contributed by atoms with Crippen molar-refractivity contribution in [2.75, 3.05) is 5.32 Å². The van der Waals surface area contributed by atoms with E-state index in [4.69, 9.17) is 23.2 Å². The highest BCUT2D eigenvalue weighted by molar-refractivity contribution is 7.80. The van der Waals surface area contributed by atoms with Crippen molar-refractivity contribution in [1.29, 1.82) is 0 Å². The number of hydrogen-bond donors (Lipinski definition) is 2. The zero-order valence-corrected chi connectivity index (χ0v) is 16.4. The number of hydrogen-bond acceptors (Lipinski definition) is 2. The normalized spacial score (nSPS) is 11.8. The molecular weight excluding hydrogens is 385 g/mol. The minimum absolute atomic E-state index is 0.0831. The van der Waals surface area contributed by atoms with E-state index in [1.807, 2.05) is 55.5 Å². The van der Waals surface area contributed by atoms with Gasteiger partial charge in [0.2, 0.25) is 0 Å². The molecule has 0 aliphatic carbocycles. The van der Waals surface area contributed by atoms with Gasteiger partial charge in [0.05, 0.1) is 5.25 Å². The van der Waals surface area contributed by atoms with Gasteiger partial charge in [-0.05, 0) is 60.0 Å². The number of anilines is 1. The molecule has 0 aliphatic rings. The molecular formula is C21H17Cl2NOS. The van der Waals surface area contributed by atoms with Gasteiger partial charge >= 0.3 is 0 Å². The van der Waals surface area contributed by atoms with Crippen LogP contribution >= 0.6 is 35.8 Å². The Morgan fingerprint density at radius 2 is 1.50 bits per heavy atom. The number of thiol groups is 1. The van der Waals surface area contributed by atoms with Crippen molar-refractivity contribution in [2.24, 2.45) is 0 Å². The predicted molar refractivity (Wildman–Crippen MR) is 113 cm³/mol. The monoisotopic (exact) mass is 401 g/mol. The van der Waals surface area contributed by atoms with Crippen LogP contribution in [-0.2, 0) is 0 Å². The number of amides is 1. The van der Waals surface area contributed by atoms with E-state index >= 15 is 0 Å². The van der Waals surface area contributed by atoms with Crippen molar-refractivity contribution in [1.82, 2.24) is 0 Å². The first kappa shape index (κ1) is 18.8. The van der Waals surface area contributed by atoms with Gasteiger partial charge in [-0.1, -0.05) is 53.5 Å². The lowest BCUT2D eigenvalue weighted by atomic mass is 10.0. The molecule has 0 bridgehead atoms. The molecule has 0 fully saturated rings. The van der Waals surface area contributed by atoms with Crippen molar-refractivity contribution in [2.45, 2.75) is 12.2 Å². The first-order valence-electron chi connectivity index (χ1n) is 8.05. The molecule has 26 heavy (non-hydrogen) atoms. The van der Waals surface area contributed by atoms with Crippen LogP contribution in [0.1, 0.15) is 32.3 Å². The second kappa shape index (κ2) is 8.17. The maximum Gasteiger partial charge on any atom is 0.255 e. The Hall–Kier alpha value is -1.94. The third-order valence-electron chi connectivity index (χ3n) is 4.10. The molecule has 0 heterocycles. The van der Waals surface area contributed by atoms with E-state index in [1.165, 1.54) is 0 Å². The van der Waals surface area contributed by atoms with E-state index in [-0.39, 0.29) is 11.2 Å². The van der Waals surface area contributed by atoms with Gasteiger partial charge in [0.15, 0.2) is 0 Å². The topological polar surface area (TPSA) is 29.1 Å². The summed E-state index contributed by atoms with van der Waals surface area (Å²) < 4.78 is 0. The van der Waals surface area contributed by atoms with Crippen LogP contribution in [-0.4, -0.2) is 5.91 Å². The summed E-state index contributed by atoms with van der Waals surface area (Å²) in [7, 11) is 0. The Balaban J connectivity index is 1.73. The molecule has 0 spiro atoms. The summed E-state index contributed by atoms with van der Waals surface area (Å²) in [5, 5.41) is 4.09. The highest BCUT2D eigenvalue weighted by Crippen LogP contribution is 2.29. The molecule has 1 amide bonds. The van der Waals surface area contributed by atoms with Gasteiger partial charge in [-0.25, -0.2) is 0 Å². The molecule has 0 saturated heterocycles. The predicted octanol–water partition coefficient (Wildman–Crippen LogP) is 6.57. The third-order valence-corrected chi connectivity index (χ3v) is 5.36. The van der Waals surface area contributed by atoms with Gasteiger partial charge in [0.1, 0.15) is 0 Å². The fraction of sp³-hybridized carbons (Fsp3) is 0.0952. The Morgan fingerprint density at radius 3 is 2.08 bits per heavy atom. The van der Waals surface area contributed by atoms with Gasteiger partial charge in [0, 0.05) is 21.3 Å². The third kappa shape index (κ3) is 4.42. The van der Waals surface area contributed by atoms with Gasteiger partial charge < -0.3 is 5.32 Å². The molecule has 2 nitrogen and oxygen atoms in total. The fourth-order valence-electron chi connectivity index (χ4n) is 2.53. The Morgan fingerprint density at radius 1 is 0.923 bits per heavy atom. The first-order chi connectivity index (χ1) is 12.4. The highest BCUT2D eigenvalue weighted by atomic mass is 35.5. The van der Waals surface area contributed by atoms with Crippen LogP contribution < -0.4 is 5.32 Å². The lowest BCUT2D eigenvalue weighted by Crippen LogP contribution is -2.12. The Labute approximate surface area is 168 Å². The summed E-state index contributed by atoms with van der Waals surface area (Å²) in [6.07, 6.45) is 0. The zero-order valence-electron chi connectivity index (χ0n) is 14.0. The van der Waals surface area contributed by atoms with Gasteiger partial charge in [-0.3, -0.25) is 4.79 Å². The second-order valence-electron chi connectivity index (χ2n) is 5.99. The second-order valence-corrected chi connectivity index (χ2v) is 7.35. The van der Waals surface area contributed by atoms with E-state index in [0.717, 1.165) is 16.7 Å². The summed E-state index contributed by atoms with van der Waals surface area (Å²) in [6, 6.07) is 20.4. The molecule has 1 unspecified atom stereocenters. The summed E-state index contributed by atoms with van der Waals surface area (Å²) in [6.45, 7) is 1.92. The molecule has 3 aromatic carbocycles. The van der Waals surface area contributed by atoms with Crippen molar-refractivity contribution in [3.05, 3.63) is 99.0 Å². The Bertz CT molecular complexity index is 924. The average Bonchev–Trinajstić information content (AvgIpc) is 2.65. The first-order valence-corrected chi connectivity index (χ1v) is 9.32. The fourth-order valence-corrected chi connectivity index (χ4v) is 3.18. The number of carbonyl (C=O) groups is 1. The number of halogens is 2. The van der Waals surface area contributed by atoms with Crippen LogP contribution in [0.15, 0.2) is 66.7 Å². The number of carbonyl (C=O) groups excluding carboxylic acids is 1.